The van der Waals surface area contributed by atoms with Gasteiger partial charge in [-0.2, -0.15) is 0 Å². The van der Waals surface area contributed by atoms with Crippen LogP contribution in [-0.2, 0) is 9.53 Å². The molecule has 3 nitrogen and oxygen atoms in total. The van der Waals surface area contributed by atoms with E-state index in [0.717, 1.165) is 10.0 Å². The van der Waals surface area contributed by atoms with E-state index in [0.29, 0.717) is 5.90 Å². The van der Waals surface area contributed by atoms with E-state index < -0.39 is 0 Å². The lowest BCUT2D eigenvalue weighted by atomic mass is 10.2. The fourth-order valence-corrected chi connectivity index (χ4v) is 1.43. The molecule has 72 valence electrons. The summed E-state index contributed by atoms with van der Waals surface area (Å²) in [7, 11) is 0. The van der Waals surface area contributed by atoms with Crippen LogP contribution in [0, 0.1) is 0 Å². The number of hydrogen-bond acceptors (Lipinski definition) is 3. The van der Waals surface area contributed by atoms with E-state index in [2.05, 4.69) is 20.9 Å². The second kappa shape index (κ2) is 3.53. The molecule has 0 fully saturated rings. The van der Waals surface area contributed by atoms with Crippen LogP contribution in [0.15, 0.2) is 33.7 Å². The first kappa shape index (κ1) is 9.40. The fraction of sp³-hybridized carbons (Fsp3) is 0.200. The van der Waals surface area contributed by atoms with Crippen molar-refractivity contribution >= 4 is 27.8 Å². The minimum atomic E-state index is -0.381. The number of rotatable bonds is 1. The predicted octanol–water partition coefficient (Wildman–Crippen LogP) is 2.14. The first-order chi connectivity index (χ1) is 6.66. The standard InChI is InChI=1S/C10H8BrNO2/c1-6-10(13)14-9(12-6)7-2-4-8(11)5-3-7/h2-6H,1H3/t6-/m0/s1. The van der Waals surface area contributed by atoms with Crippen molar-refractivity contribution in [1.82, 2.24) is 0 Å². The maximum Gasteiger partial charge on any atom is 0.337 e. The Kier molecular flexibility index (Phi) is 2.37. The molecule has 0 spiro atoms. The van der Waals surface area contributed by atoms with E-state index in [4.69, 9.17) is 4.74 Å². The lowest BCUT2D eigenvalue weighted by Gasteiger charge is -1.99. The number of benzene rings is 1. The highest BCUT2D eigenvalue weighted by atomic mass is 79.9. The van der Waals surface area contributed by atoms with Crippen molar-refractivity contribution < 1.29 is 9.53 Å². The number of carbonyl (C=O) groups is 1. The number of carbonyl (C=O) groups excluding carboxylic acids is 1. The number of hydrogen-bond donors (Lipinski definition) is 0. The van der Waals surface area contributed by atoms with Gasteiger partial charge in [0.2, 0.25) is 5.90 Å². The van der Waals surface area contributed by atoms with Crippen LogP contribution in [0.2, 0.25) is 0 Å². The van der Waals surface area contributed by atoms with Gasteiger partial charge >= 0.3 is 5.97 Å². The monoisotopic (exact) mass is 253 g/mol. The molecule has 14 heavy (non-hydrogen) atoms. The Morgan fingerprint density at radius 2 is 2.00 bits per heavy atom. The molecule has 1 heterocycles. The summed E-state index contributed by atoms with van der Waals surface area (Å²) in [6, 6.07) is 7.10. The van der Waals surface area contributed by atoms with Crippen molar-refractivity contribution in [1.29, 1.82) is 0 Å². The van der Waals surface area contributed by atoms with Gasteiger partial charge in [-0.15, -0.1) is 0 Å². The van der Waals surface area contributed by atoms with Gasteiger partial charge in [-0.3, -0.25) is 0 Å². The summed E-state index contributed by atoms with van der Waals surface area (Å²) in [5, 5.41) is 0. The molecular weight excluding hydrogens is 246 g/mol. The third kappa shape index (κ3) is 1.70. The highest BCUT2D eigenvalue weighted by Crippen LogP contribution is 2.15. The lowest BCUT2D eigenvalue weighted by molar-refractivity contribution is -0.134. The van der Waals surface area contributed by atoms with Gasteiger partial charge in [0.25, 0.3) is 0 Å². The van der Waals surface area contributed by atoms with Crippen molar-refractivity contribution in [2.45, 2.75) is 13.0 Å². The topological polar surface area (TPSA) is 38.7 Å². The van der Waals surface area contributed by atoms with Crippen LogP contribution in [0.5, 0.6) is 0 Å². The first-order valence-electron chi connectivity index (χ1n) is 4.22. The number of cyclic esters (lactones) is 1. The van der Waals surface area contributed by atoms with Crippen molar-refractivity contribution in [2.24, 2.45) is 4.99 Å². The predicted molar refractivity (Wildman–Crippen MR) is 56.2 cm³/mol. The zero-order chi connectivity index (χ0) is 10.1. The number of halogens is 1. The minimum absolute atomic E-state index is 0.289. The second-order valence-electron chi connectivity index (χ2n) is 3.04. The van der Waals surface area contributed by atoms with Crippen LogP contribution < -0.4 is 0 Å². The summed E-state index contributed by atoms with van der Waals surface area (Å²) in [5.41, 5.74) is 0.825. The Labute approximate surface area is 89.9 Å². The maximum atomic E-state index is 11.1. The molecule has 0 amide bonds. The van der Waals surface area contributed by atoms with E-state index in [9.17, 15) is 4.79 Å². The molecule has 0 unspecified atom stereocenters. The smallest absolute Gasteiger partial charge is 0.337 e. The van der Waals surface area contributed by atoms with E-state index >= 15 is 0 Å². The summed E-state index contributed by atoms with van der Waals surface area (Å²) in [4.78, 5) is 15.2. The molecule has 2 rings (SSSR count). The van der Waals surface area contributed by atoms with Gasteiger partial charge in [-0.1, -0.05) is 15.9 Å². The molecule has 4 heteroatoms. The zero-order valence-corrected chi connectivity index (χ0v) is 9.11. The Hall–Kier alpha value is -1.16. The first-order valence-corrected chi connectivity index (χ1v) is 5.01. The minimum Gasteiger partial charge on any atom is -0.406 e. The molecule has 1 atom stereocenters. The van der Waals surface area contributed by atoms with Crippen molar-refractivity contribution in [3.63, 3.8) is 0 Å². The summed E-state index contributed by atoms with van der Waals surface area (Å²) < 4.78 is 5.98. The highest BCUT2D eigenvalue weighted by Gasteiger charge is 2.25. The van der Waals surface area contributed by atoms with Crippen LogP contribution in [-0.4, -0.2) is 17.9 Å². The van der Waals surface area contributed by atoms with Crippen LogP contribution >= 0.6 is 15.9 Å². The Morgan fingerprint density at radius 3 is 2.50 bits per heavy atom. The normalized spacial score (nSPS) is 20.6. The third-order valence-corrected chi connectivity index (χ3v) is 2.47. The number of ether oxygens (including phenoxy) is 1. The van der Waals surface area contributed by atoms with Crippen molar-refractivity contribution in [2.75, 3.05) is 0 Å². The fourth-order valence-electron chi connectivity index (χ4n) is 1.16. The average Bonchev–Trinajstić information content (AvgIpc) is 2.48. The molecule has 1 aliphatic rings. The molecule has 0 bridgehead atoms. The summed E-state index contributed by atoms with van der Waals surface area (Å²) in [5.74, 6) is 0.123. The Bertz CT molecular complexity index is 397. The molecule has 0 aliphatic carbocycles. The van der Waals surface area contributed by atoms with Crippen LogP contribution in [0.4, 0.5) is 0 Å². The Balaban J connectivity index is 2.29. The average molecular weight is 254 g/mol. The quantitative estimate of drug-likeness (QED) is 0.720. The molecular formula is C10H8BrNO2. The van der Waals surface area contributed by atoms with E-state index in [1.807, 2.05) is 24.3 Å². The van der Waals surface area contributed by atoms with Gasteiger partial charge in [0.15, 0.2) is 0 Å². The number of nitrogens with zero attached hydrogens (tertiary/aromatic N) is 1. The second-order valence-corrected chi connectivity index (χ2v) is 3.95. The van der Waals surface area contributed by atoms with Crippen LogP contribution in [0.25, 0.3) is 0 Å². The SMILES string of the molecule is C[C@@H]1N=C(c2ccc(Br)cc2)OC1=O. The summed E-state index contributed by atoms with van der Waals surface area (Å²) >= 11 is 3.33. The van der Waals surface area contributed by atoms with Crippen LogP contribution in [0.1, 0.15) is 12.5 Å². The van der Waals surface area contributed by atoms with Gasteiger partial charge in [-0.25, -0.2) is 9.79 Å². The van der Waals surface area contributed by atoms with Gasteiger partial charge in [0.1, 0.15) is 6.04 Å². The third-order valence-electron chi connectivity index (χ3n) is 1.94. The largest absolute Gasteiger partial charge is 0.406 e. The number of esters is 1. The molecule has 0 aromatic heterocycles. The van der Waals surface area contributed by atoms with Gasteiger partial charge in [-0.05, 0) is 31.2 Å². The van der Waals surface area contributed by atoms with E-state index in [1.165, 1.54) is 0 Å². The van der Waals surface area contributed by atoms with E-state index in [1.54, 1.807) is 6.92 Å². The molecule has 1 aromatic rings. The van der Waals surface area contributed by atoms with Gasteiger partial charge in [0, 0.05) is 10.0 Å². The molecule has 1 aromatic carbocycles. The Morgan fingerprint density at radius 1 is 1.36 bits per heavy atom. The van der Waals surface area contributed by atoms with Gasteiger partial charge in [0.05, 0.1) is 0 Å². The van der Waals surface area contributed by atoms with Crippen molar-refractivity contribution in [3.05, 3.63) is 34.3 Å². The van der Waals surface area contributed by atoms with E-state index in [-0.39, 0.29) is 12.0 Å². The highest BCUT2D eigenvalue weighted by molar-refractivity contribution is 9.10. The molecule has 0 saturated heterocycles. The molecule has 1 aliphatic heterocycles. The lowest BCUT2D eigenvalue weighted by Crippen LogP contribution is -2.10. The van der Waals surface area contributed by atoms with Gasteiger partial charge < -0.3 is 4.74 Å². The van der Waals surface area contributed by atoms with Crippen LogP contribution in [0.3, 0.4) is 0 Å². The molecule has 0 saturated carbocycles. The maximum absolute atomic E-state index is 11.1. The summed E-state index contributed by atoms with van der Waals surface area (Å²) in [6.07, 6.45) is 0. The molecule has 0 N–H and O–H groups in total. The summed E-state index contributed by atoms with van der Waals surface area (Å²) in [6.45, 7) is 1.72. The zero-order valence-electron chi connectivity index (χ0n) is 7.53. The molecule has 0 radical (unpaired) electrons. The number of aliphatic imine (C=N–C) groups is 1. The van der Waals surface area contributed by atoms with Crippen molar-refractivity contribution in [3.8, 4) is 0 Å².